The van der Waals surface area contributed by atoms with Crippen molar-refractivity contribution in [3.63, 3.8) is 0 Å². The number of carbonyl (C=O) groups excluding carboxylic acids is 1. The third-order valence-electron chi connectivity index (χ3n) is 4.50. The second kappa shape index (κ2) is 6.88. The smallest absolute Gasteiger partial charge is 0.226 e. The minimum atomic E-state index is 0.163. The Kier molecular flexibility index (Phi) is 5.17. The summed E-state index contributed by atoms with van der Waals surface area (Å²) in [5.41, 5.74) is 5.76. The minimum Gasteiger partial charge on any atom is -0.340 e. The number of hydrogen-bond acceptors (Lipinski definition) is 4. The molecule has 1 aliphatic carbocycles. The Morgan fingerprint density at radius 2 is 2.00 bits per heavy atom. The van der Waals surface area contributed by atoms with Crippen LogP contribution in [0.2, 0.25) is 0 Å². The molecule has 0 aromatic carbocycles. The molecule has 0 spiro atoms. The molecule has 0 radical (unpaired) electrons. The number of amides is 1. The van der Waals surface area contributed by atoms with E-state index in [0.717, 1.165) is 52.0 Å². The first-order chi connectivity index (χ1) is 9.26. The summed E-state index contributed by atoms with van der Waals surface area (Å²) < 4.78 is 0. The monoisotopic (exact) mass is 264 g/mol. The minimum absolute atomic E-state index is 0.163. The molecule has 19 heavy (non-hydrogen) atoms. The summed E-state index contributed by atoms with van der Waals surface area (Å²) in [6.45, 7) is 4.86. The van der Waals surface area contributed by atoms with Gasteiger partial charge in [-0.3, -0.25) is 9.69 Å². The van der Waals surface area contributed by atoms with Gasteiger partial charge < -0.3 is 10.6 Å². The molecule has 2 rings (SSSR count). The van der Waals surface area contributed by atoms with Crippen LogP contribution in [0.15, 0.2) is 0 Å². The molecule has 5 heteroatoms. The van der Waals surface area contributed by atoms with Crippen molar-refractivity contribution in [1.29, 1.82) is 5.26 Å². The van der Waals surface area contributed by atoms with Crippen molar-refractivity contribution in [3.8, 4) is 6.07 Å². The lowest BCUT2D eigenvalue weighted by Crippen LogP contribution is -2.51. The van der Waals surface area contributed by atoms with Crippen molar-refractivity contribution in [2.75, 3.05) is 39.3 Å². The standard InChI is InChI=1S/C14H24N4O/c15-5-2-6-17-7-9-18(10-8-17)14(19)13-4-1-3-12(13)11-16/h12-13H,1-4,6-11,16H2. The first-order valence-electron chi connectivity index (χ1n) is 7.34. The predicted octanol–water partition coefficient (Wildman–Crippen LogP) is 0.419. The molecule has 0 bridgehead atoms. The van der Waals surface area contributed by atoms with E-state index in [2.05, 4.69) is 11.0 Å². The normalized spacial score (nSPS) is 28.3. The maximum Gasteiger partial charge on any atom is 0.226 e. The lowest BCUT2D eigenvalue weighted by atomic mass is 9.94. The van der Waals surface area contributed by atoms with E-state index in [1.165, 1.54) is 0 Å². The average Bonchev–Trinajstić information content (AvgIpc) is 2.93. The highest BCUT2D eigenvalue weighted by molar-refractivity contribution is 5.79. The molecule has 2 aliphatic rings. The summed E-state index contributed by atoms with van der Waals surface area (Å²) in [7, 11) is 0. The quantitative estimate of drug-likeness (QED) is 0.798. The van der Waals surface area contributed by atoms with E-state index in [0.29, 0.717) is 24.8 Å². The molecule has 1 aliphatic heterocycles. The second-order valence-electron chi connectivity index (χ2n) is 5.61. The highest BCUT2D eigenvalue weighted by Gasteiger charge is 2.35. The third kappa shape index (κ3) is 3.46. The van der Waals surface area contributed by atoms with Gasteiger partial charge in [-0.25, -0.2) is 0 Å². The van der Waals surface area contributed by atoms with Crippen molar-refractivity contribution in [1.82, 2.24) is 9.80 Å². The number of nitriles is 1. The Balaban J connectivity index is 1.81. The van der Waals surface area contributed by atoms with Crippen LogP contribution in [-0.4, -0.2) is 55.0 Å². The van der Waals surface area contributed by atoms with Gasteiger partial charge in [0.05, 0.1) is 6.07 Å². The van der Waals surface area contributed by atoms with Gasteiger partial charge in [0.2, 0.25) is 5.91 Å². The summed E-state index contributed by atoms with van der Waals surface area (Å²) in [5, 5.41) is 8.58. The summed E-state index contributed by atoms with van der Waals surface area (Å²) >= 11 is 0. The van der Waals surface area contributed by atoms with Gasteiger partial charge in [-0.1, -0.05) is 6.42 Å². The zero-order valence-corrected chi connectivity index (χ0v) is 11.6. The highest BCUT2D eigenvalue weighted by Crippen LogP contribution is 2.32. The molecule has 1 saturated carbocycles. The van der Waals surface area contributed by atoms with Crippen molar-refractivity contribution >= 4 is 5.91 Å². The van der Waals surface area contributed by atoms with Crippen LogP contribution < -0.4 is 5.73 Å². The number of nitrogens with two attached hydrogens (primary N) is 1. The highest BCUT2D eigenvalue weighted by atomic mass is 16.2. The van der Waals surface area contributed by atoms with Gasteiger partial charge in [0.25, 0.3) is 0 Å². The summed E-state index contributed by atoms with van der Waals surface area (Å²) in [4.78, 5) is 16.8. The fraction of sp³-hybridized carbons (Fsp3) is 0.857. The van der Waals surface area contributed by atoms with E-state index in [-0.39, 0.29) is 5.92 Å². The number of hydrogen-bond donors (Lipinski definition) is 1. The number of rotatable bonds is 4. The average molecular weight is 264 g/mol. The van der Waals surface area contributed by atoms with Crippen LogP contribution in [0.3, 0.4) is 0 Å². The Morgan fingerprint density at radius 3 is 2.63 bits per heavy atom. The van der Waals surface area contributed by atoms with Crippen molar-refractivity contribution in [2.24, 2.45) is 17.6 Å². The van der Waals surface area contributed by atoms with Crippen LogP contribution >= 0.6 is 0 Å². The molecule has 0 aromatic rings. The fourth-order valence-corrected chi connectivity index (χ4v) is 3.28. The molecule has 2 N–H and O–H groups in total. The molecule has 106 valence electrons. The van der Waals surface area contributed by atoms with Gasteiger partial charge in [-0.2, -0.15) is 5.26 Å². The van der Waals surface area contributed by atoms with E-state index in [1.54, 1.807) is 0 Å². The number of nitrogens with zero attached hydrogens (tertiary/aromatic N) is 3. The maximum atomic E-state index is 12.5. The molecule has 2 atom stereocenters. The van der Waals surface area contributed by atoms with Gasteiger partial charge >= 0.3 is 0 Å². The van der Waals surface area contributed by atoms with Crippen LogP contribution in [0.1, 0.15) is 25.7 Å². The summed E-state index contributed by atoms with van der Waals surface area (Å²) in [6.07, 6.45) is 3.83. The van der Waals surface area contributed by atoms with Gasteiger partial charge in [-0.05, 0) is 25.3 Å². The molecule has 1 heterocycles. The number of carbonyl (C=O) groups is 1. The van der Waals surface area contributed by atoms with Crippen molar-refractivity contribution in [3.05, 3.63) is 0 Å². The first kappa shape index (κ1) is 14.3. The summed E-state index contributed by atoms with van der Waals surface area (Å²) in [6, 6.07) is 2.17. The van der Waals surface area contributed by atoms with Gasteiger partial charge in [-0.15, -0.1) is 0 Å². The zero-order valence-electron chi connectivity index (χ0n) is 11.6. The van der Waals surface area contributed by atoms with E-state index in [4.69, 9.17) is 11.0 Å². The van der Waals surface area contributed by atoms with E-state index < -0.39 is 0 Å². The number of piperazine rings is 1. The molecule has 1 saturated heterocycles. The van der Waals surface area contributed by atoms with Crippen LogP contribution in [0.25, 0.3) is 0 Å². The molecule has 2 fully saturated rings. The van der Waals surface area contributed by atoms with Crippen LogP contribution in [0.4, 0.5) is 0 Å². The lowest BCUT2D eigenvalue weighted by molar-refractivity contribution is -0.138. The molecule has 2 unspecified atom stereocenters. The topological polar surface area (TPSA) is 73.4 Å². The Labute approximate surface area is 115 Å². The molecule has 1 amide bonds. The van der Waals surface area contributed by atoms with Crippen molar-refractivity contribution in [2.45, 2.75) is 25.7 Å². The molecule has 0 aromatic heterocycles. The largest absolute Gasteiger partial charge is 0.340 e. The van der Waals surface area contributed by atoms with Crippen molar-refractivity contribution < 1.29 is 4.79 Å². The summed E-state index contributed by atoms with van der Waals surface area (Å²) in [5.74, 6) is 0.868. The van der Waals surface area contributed by atoms with E-state index >= 15 is 0 Å². The SMILES string of the molecule is N#CCCN1CCN(C(=O)C2CCCC2CN)CC1. The van der Waals surface area contributed by atoms with Gasteiger partial charge in [0.15, 0.2) is 0 Å². The Morgan fingerprint density at radius 1 is 1.26 bits per heavy atom. The van der Waals surface area contributed by atoms with Gasteiger partial charge in [0, 0.05) is 45.1 Å². The molecular weight excluding hydrogens is 240 g/mol. The maximum absolute atomic E-state index is 12.5. The van der Waals surface area contributed by atoms with Crippen LogP contribution in [0.5, 0.6) is 0 Å². The second-order valence-corrected chi connectivity index (χ2v) is 5.61. The molecule has 5 nitrogen and oxygen atoms in total. The van der Waals surface area contributed by atoms with Crippen LogP contribution in [-0.2, 0) is 4.79 Å². The lowest BCUT2D eigenvalue weighted by Gasteiger charge is -2.36. The predicted molar refractivity (Wildman–Crippen MR) is 73.1 cm³/mol. The van der Waals surface area contributed by atoms with E-state index in [1.807, 2.05) is 4.90 Å². The molecular formula is C14H24N4O. The fourth-order valence-electron chi connectivity index (χ4n) is 3.28. The zero-order chi connectivity index (χ0) is 13.7. The third-order valence-corrected chi connectivity index (χ3v) is 4.50. The van der Waals surface area contributed by atoms with E-state index in [9.17, 15) is 4.79 Å². The van der Waals surface area contributed by atoms with Crippen LogP contribution in [0, 0.1) is 23.2 Å². The van der Waals surface area contributed by atoms with Gasteiger partial charge in [0.1, 0.15) is 0 Å². The Hall–Kier alpha value is -1.12. The Bertz CT molecular complexity index is 344. The first-order valence-corrected chi connectivity index (χ1v) is 7.34.